The predicted molar refractivity (Wildman–Crippen MR) is 110 cm³/mol. The van der Waals surface area contributed by atoms with Crippen molar-refractivity contribution < 1.29 is 4.74 Å². The van der Waals surface area contributed by atoms with Crippen LogP contribution >= 0.6 is 0 Å². The topological polar surface area (TPSA) is 75.0 Å². The summed E-state index contributed by atoms with van der Waals surface area (Å²) in [6.45, 7) is 11.4. The molecular weight excluding hydrogens is 356 g/mol. The lowest BCUT2D eigenvalue weighted by Crippen LogP contribution is -2.68. The standard InChI is InChI=1S/C20H32N6O2/c1-5-21-19(23-15-14-6-13-28-16(14)20(15,2)3)26-11-9-25(10-12-26)17-18(27)24(4)8-7-22-17/h7-8,14-16H,5-6,9-13H2,1-4H3,(H,21,23). The molecule has 8 nitrogen and oxygen atoms in total. The van der Waals surface area contributed by atoms with Gasteiger partial charge in [0.1, 0.15) is 0 Å². The number of aliphatic imine (C=N–C) groups is 1. The number of hydrogen-bond donors (Lipinski definition) is 1. The Bertz CT molecular complexity index is 796. The van der Waals surface area contributed by atoms with E-state index >= 15 is 0 Å². The molecule has 2 saturated heterocycles. The second kappa shape index (κ2) is 7.39. The van der Waals surface area contributed by atoms with Crippen LogP contribution in [0.2, 0.25) is 0 Å². The summed E-state index contributed by atoms with van der Waals surface area (Å²) in [5.74, 6) is 2.10. The highest BCUT2D eigenvalue weighted by Crippen LogP contribution is 2.52. The molecular formula is C20H32N6O2. The summed E-state index contributed by atoms with van der Waals surface area (Å²) in [6.07, 6.45) is 4.87. The van der Waals surface area contributed by atoms with E-state index in [1.807, 2.05) is 0 Å². The van der Waals surface area contributed by atoms with Gasteiger partial charge in [-0.3, -0.25) is 9.79 Å². The fraction of sp³-hybridized carbons (Fsp3) is 0.750. The van der Waals surface area contributed by atoms with Gasteiger partial charge in [-0.25, -0.2) is 4.98 Å². The van der Waals surface area contributed by atoms with E-state index in [0.717, 1.165) is 51.7 Å². The van der Waals surface area contributed by atoms with Crippen LogP contribution in [0.1, 0.15) is 27.2 Å². The van der Waals surface area contributed by atoms with Gasteiger partial charge in [0.05, 0.1) is 6.10 Å². The van der Waals surface area contributed by atoms with Crippen molar-refractivity contribution in [1.82, 2.24) is 19.8 Å². The van der Waals surface area contributed by atoms with Gasteiger partial charge in [0, 0.05) is 76.1 Å². The van der Waals surface area contributed by atoms with Crippen molar-refractivity contribution in [2.24, 2.45) is 23.4 Å². The van der Waals surface area contributed by atoms with Crippen LogP contribution in [0.4, 0.5) is 5.82 Å². The van der Waals surface area contributed by atoms with Crippen LogP contribution in [0, 0.1) is 11.3 Å². The zero-order valence-corrected chi connectivity index (χ0v) is 17.4. The van der Waals surface area contributed by atoms with E-state index in [0.29, 0.717) is 23.9 Å². The minimum absolute atomic E-state index is 0.0417. The average molecular weight is 389 g/mol. The molecule has 154 valence electrons. The van der Waals surface area contributed by atoms with Gasteiger partial charge in [-0.2, -0.15) is 0 Å². The summed E-state index contributed by atoms with van der Waals surface area (Å²) >= 11 is 0. The quantitative estimate of drug-likeness (QED) is 0.606. The first-order chi connectivity index (χ1) is 13.4. The molecule has 28 heavy (non-hydrogen) atoms. The minimum Gasteiger partial charge on any atom is -0.377 e. The van der Waals surface area contributed by atoms with E-state index in [1.54, 1.807) is 24.0 Å². The molecule has 3 aliphatic rings. The van der Waals surface area contributed by atoms with Crippen molar-refractivity contribution >= 4 is 11.8 Å². The number of aromatic nitrogens is 2. The smallest absolute Gasteiger partial charge is 0.293 e. The minimum atomic E-state index is -0.0417. The van der Waals surface area contributed by atoms with Gasteiger partial charge in [0.15, 0.2) is 11.8 Å². The molecule has 3 unspecified atom stereocenters. The third-order valence-corrected chi connectivity index (χ3v) is 6.57. The van der Waals surface area contributed by atoms with Crippen molar-refractivity contribution in [2.45, 2.75) is 39.3 Å². The van der Waals surface area contributed by atoms with Crippen LogP contribution in [0.15, 0.2) is 22.2 Å². The van der Waals surface area contributed by atoms with Gasteiger partial charge in [-0.1, -0.05) is 13.8 Å². The van der Waals surface area contributed by atoms with Gasteiger partial charge >= 0.3 is 0 Å². The number of nitrogens with one attached hydrogen (secondary N) is 1. The Hall–Kier alpha value is -2.09. The van der Waals surface area contributed by atoms with Crippen LogP contribution in [0.5, 0.6) is 0 Å². The van der Waals surface area contributed by atoms with E-state index < -0.39 is 0 Å². The molecule has 0 bridgehead atoms. The first-order valence-corrected chi connectivity index (χ1v) is 10.4. The molecule has 0 spiro atoms. The number of aryl methyl sites for hydroxylation is 1. The SMILES string of the molecule is CCN=C(NC1C2CCOC2C1(C)C)N1CCN(c2nccn(C)c2=O)CC1. The lowest BCUT2D eigenvalue weighted by atomic mass is 9.57. The molecule has 3 atom stereocenters. The number of rotatable bonds is 3. The van der Waals surface area contributed by atoms with Gasteiger partial charge in [0.25, 0.3) is 5.56 Å². The van der Waals surface area contributed by atoms with Gasteiger partial charge in [0.2, 0.25) is 0 Å². The van der Waals surface area contributed by atoms with Crippen molar-refractivity contribution in [3.8, 4) is 0 Å². The van der Waals surface area contributed by atoms with Crippen molar-refractivity contribution in [3.63, 3.8) is 0 Å². The molecule has 8 heteroatoms. The summed E-state index contributed by atoms with van der Waals surface area (Å²) in [6, 6.07) is 0.395. The van der Waals surface area contributed by atoms with E-state index in [4.69, 9.17) is 9.73 Å². The van der Waals surface area contributed by atoms with Gasteiger partial charge in [-0.05, 0) is 13.3 Å². The zero-order valence-electron chi connectivity index (χ0n) is 17.4. The Kier molecular flexibility index (Phi) is 5.07. The van der Waals surface area contributed by atoms with Gasteiger partial charge < -0.3 is 24.4 Å². The summed E-state index contributed by atoms with van der Waals surface area (Å²) < 4.78 is 7.51. The number of piperazine rings is 1. The van der Waals surface area contributed by atoms with E-state index in [1.165, 1.54) is 0 Å². The Morgan fingerprint density at radius 3 is 2.82 bits per heavy atom. The number of fused-ring (bicyclic) bond motifs is 1. The predicted octanol–water partition coefficient (Wildman–Crippen LogP) is 0.681. The zero-order chi connectivity index (χ0) is 19.9. The highest BCUT2D eigenvalue weighted by atomic mass is 16.5. The lowest BCUT2D eigenvalue weighted by Gasteiger charge is -2.55. The first-order valence-electron chi connectivity index (χ1n) is 10.4. The molecule has 3 fully saturated rings. The van der Waals surface area contributed by atoms with Crippen LogP contribution in [0.25, 0.3) is 0 Å². The fourth-order valence-corrected chi connectivity index (χ4v) is 4.97. The number of anilines is 1. The molecule has 1 aromatic rings. The summed E-state index contributed by atoms with van der Waals surface area (Å²) in [5, 5.41) is 3.76. The van der Waals surface area contributed by atoms with Crippen LogP contribution in [-0.4, -0.2) is 71.9 Å². The van der Waals surface area contributed by atoms with Gasteiger partial charge in [-0.15, -0.1) is 0 Å². The van der Waals surface area contributed by atoms with Crippen LogP contribution in [-0.2, 0) is 11.8 Å². The van der Waals surface area contributed by atoms with E-state index in [2.05, 4.69) is 40.9 Å². The molecule has 3 heterocycles. The first kappa shape index (κ1) is 19.2. The Morgan fingerprint density at radius 2 is 2.11 bits per heavy atom. The maximum Gasteiger partial charge on any atom is 0.293 e. The Morgan fingerprint density at radius 1 is 1.36 bits per heavy atom. The molecule has 1 aliphatic carbocycles. The number of nitrogens with zero attached hydrogens (tertiary/aromatic N) is 5. The van der Waals surface area contributed by atoms with Crippen molar-refractivity contribution in [1.29, 1.82) is 0 Å². The maximum absolute atomic E-state index is 12.4. The van der Waals surface area contributed by atoms with Crippen molar-refractivity contribution in [2.75, 3.05) is 44.2 Å². The number of guanidine groups is 1. The monoisotopic (exact) mass is 388 g/mol. The molecule has 0 radical (unpaired) electrons. The van der Waals surface area contributed by atoms with Crippen LogP contribution in [0.3, 0.4) is 0 Å². The summed E-state index contributed by atoms with van der Waals surface area (Å²) in [7, 11) is 1.76. The largest absolute Gasteiger partial charge is 0.377 e. The average Bonchev–Trinajstić information content (AvgIpc) is 3.15. The summed E-state index contributed by atoms with van der Waals surface area (Å²) in [4.78, 5) is 25.8. The highest BCUT2D eigenvalue weighted by Gasteiger charge is 2.59. The molecule has 4 rings (SSSR count). The van der Waals surface area contributed by atoms with E-state index in [-0.39, 0.29) is 11.0 Å². The molecule has 1 N–H and O–H groups in total. The lowest BCUT2D eigenvalue weighted by molar-refractivity contribution is -0.107. The Balaban J connectivity index is 1.42. The fourth-order valence-electron chi connectivity index (χ4n) is 4.97. The van der Waals surface area contributed by atoms with Crippen molar-refractivity contribution in [3.05, 3.63) is 22.7 Å². The number of hydrogen-bond acceptors (Lipinski definition) is 5. The molecule has 1 aromatic heterocycles. The third kappa shape index (κ3) is 3.17. The molecule has 2 aliphatic heterocycles. The normalized spacial score (nSPS) is 29.4. The van der Waals surface area contributed by atoms with Crippen LogP contribution < -0.4 is 15.8 Å². The number of ether oxygens (including phenoxy) is 1. The van der Waals surface area contributed by atoms with E-state index in [9.17, 15) is 4.79 Å². The second-order valence-electron chi connectivity index (χ2n) is 8.63. The third-order valence-electron chi connectivity index (χ3n) is 6.57. The molecule has 1 saturated carbocycles. The highest BCUT2D eigenvalue weighted by molar-refractivity contribution is 5.81. The molecule has 0 amide bonds. The summed E-state index contributed by atoms with van der Waals surface area (Å²) in [5.41, 5.74) is 0.0810. The Labute approximate surface area is 166 Å². The molecule has 0 aromatic carbocycles. The maximum atomic E-state index is 12.4. The second-order valence-corrected chi connectivity index (χ2v) is 8.63.